The van der Waals surface area contributed by atoms with Gasteiger partial charge >= 0.3 is 5.97 Å². The zero-order chi connectivity index (χ0) is 14.3. The van der Waals surface area contributed by atoms with E-state index in [1.165, 1.54) is 7.11 Å². The van der Waals surface area contributed by atoms with Crippen molar-refractivity contribution < 1.29 is 14.3 Å². The lowest BCUT2D eigenvalue weighted by atomic mass is 10.1. The molecule has 0 radical (unpaired) electrons. The summed E-state index contributed by atoms with van der Waals surface area (Å²) < 4.78 is 5.52. The number of benzene rings is 1. The third-order valence-electron chi connectivity index (χ3n) is 2.68. The van der Waals surface area contributed by atoms with Gasteiger partial charge in [-0.15, -0.1) is 0 Å². The first-order chi connectivity index (χ1) is 9.02. The normalized spacial score (nSPS) is 11.7. The van der Waals surface area contributed by atoms with Crippen LogP contribution in [0.25, 0.3) is 0 Å². The molecule has 0 saturated heterocycles. The van der Waals surface area contributed by atoms with E-state index in [0.29, 0.717) is 0 Å². The van der Waals surface area contributed by atoms with Crippen molar-refractivity contribution in [2.24, 2.45) is 0 Å². The molecule has 0 aliphatic carbocycles. The fourth-order valence-corrected chi connectivity index (χ4v) is 2.16. The van der Waals surface area contributed by atoms with Gasteiger partial charge in [-0.05, 0) is 25.0 Å². The SMILES string of the molecule is COC(=O)CCC(=O)NC(C)Cc1ccccc1Br. The Labute approximate surface area is 121 Å². The van der Waals surface area contributed by atoms with Crippen LogP contribution in [0.1, 0.15) is 25.3 Å². The Morgan fingerprint density at radius 1 is 1.32 bits per heavy atom. The molecule has 1 rings (SSSR count). The van der Waals surface area contributed by atoms with E-state index in [1.54, 1.807) is 0 Å². The van der Waals surface area contributed by atoms with Gasteiger partial charge in [-0.1, -0.05) is 34.1 Å². The molecule has 0 heterocycles. The summed E-state index contributed by atoms with van der Waals surface area (Å²) in [6.07, 6.45) is 1.02. The number of ether oxygens (including phenoxy) is 1. The highest BCUT2D eigenvalue weighted by Crippen LogP contribution is 2.17. The number of hydrogen-bond donors (Lipinski definition) is 1. The third-order valence-corrected chi connectivity index (χ3v) is 3.45. The van der Waals surface area contributed by atoms with Crippen LogP contribution in [-0.2, 0) is 20.7 Å². The third kappa shape index (κ3) is 5.87. The molecule has 1 aromatic rings. The van der Waals surface area contributed by atoms with E-state index < -0.39 is 0 Å². The van der Waals surface area contributed by atoms with Gasteiger partial charge in [0.1, 0.15) is 0 Å². The van der Waals surface area contributed by atoms with Crippen molar-refractivity contribution in [1.29, 1.82) is 0 Å². The van der Waals surface area contributed by atoms with E-state index in [4.69, 9.17) is 0 Å². The fourth-order valence-electron chi connectivity index (χ4n) is 1.71. The predicted octanol–water partition coefficient (Wildman–Crippen LogP) is 2.45. The van der Waals surface area contributed by atoms with Crippen LogP contribution in [0.15, 0.2) is 28.7 Å². The Kier molecular flexibility index (Phi) is 6.56. The van der Waals surface area contributed by atoms with Crippen LogP contribution in [0.5, 0.6) is 0 Å². The van der Waals surface area contributed by atoms with Crippen molar-refractivity contribution in [3.63, 3.8) is 0 Å². The molecule has 0 saturated carbocycles. The summed E-state index contributed by atoms with van der Waals surface area (Å²) in [5.41, 5.74) is 1.14. The molecule has 4 nitrogen and oxygen atoms in total. The Balaban J connectivity index is 2.39. The molecule has 5 heteroatoms. The molecular formula is C14H18BrNO3. The van der Waals surface area contributed by atoms with Crippen LogP contribution >= 0.6 is 15.9 Å². The van der Waals surface area contributed by atoms with Crippen molar-refractivity contribution in [2.45, 2.75) is 32.2 Å². The summed E-state index contributed by atoms with van der Waals surface area (Å²) >= 11 is 3.48. The lowest BCUT2D eigenvalue weighted by Gasteiger charge is -2.14. The molecule has 1 amide bonds. The zero-order valence-electron chi connectivity index (χ0n) is 11.1. The lowest BCUT2D eigenvalue weighted by molar-refractivity contribution is -0.142. The number of esters is 1. The number of carbonyl (C=O) groups is 2. The predicted molar refractivity (Wildman–Crippen MR) is 76.7 cm³/mol. The minimum atomic E-state index is -0.367. The summed E-state index contributed by atoms with van der Waals surface area (Å²) in [5.74, 6) is -0.501. The highest BCUT2D eigenvalue weighted by Gasteiger charge is 2.11. The average molecular weight is 328 g/mol. The lowest BCUT2D eigenvalue weighted by Crippen LogP contribution is -2.34. The first kappa shape index (κ1) is 15.7. The molecule has 1 unspecified atom stereocenters. The second-order valence-corrected chi connectivity index (χ2v) is 5.19. The maximum absolute atomic E-state index is 11.6. The maximum atomic E-state index is 11.6. The molecular weight excluding hydrogens is 310 g/mol. The van der Waals surface area contributed by atoms with Gasteiger partial charge in [0, 0.05) is 16.9 Å². The monoisotopic (exact) mass is 327 g/mol. The number of rotatable bonds is 6. The van der Waals surface area contributed by atoms with Crippen molar-refractivity contribution in [2.75, 3.05) is 7.11 Å². The second kappa shape index (κ2) is 7.94. The largest absolute Gasteiger partial charge is 0.469 e. The molecule has 0 aliphatic heterocycles. The fraction of sp³-hybridized carbons (Fsp3) is 0.429. The molecule has 1 aromatic carbocycles. The molecule has 1 N–H and O–H groups in total. The topological polar surface area (TPSA) is 55.4 Å². The average Bonchev–Trinajstić information content (AvgIpc) is 2.38. The number of halogens is 1. The quantitative estimate of drug-likeness (QED) is 0.816. The standard InChI is InChI=1S/C14H18BrNO3/c1-10(9-11-5-3-4-6-12(11)15)16-13(17)7-8-14(18)19-2/h3-6,10H,7-9H2,1-2H3,(H,16,17). The van der Waals surface area contributed by atoms with Gasteiger partial charge < -0.3 is 10.1 Å². The van der Waals surface area contributed by atoms with Crippen LogP contribution in [0.4, 0.5) is 0 Å². The van der Waals surface area contributed by atoms with Crippen LogP contribution in [0.2, 0.25) is 0 Å². The van der Waals surface area contributed by atoms with Crippen LogP contribution in [0.3, 0.4) is 0 Å². The minimum Gasteiger partial charge on any atom is -0.469 e. The van der Waals surface area contributed by atoms with Gasteiger partial charge in [0.05, 0.1) is 13.5 Å². The van der Waals surface area contributed by atoms with Crippen LogP contribution in [0, 0.1) is 0 Å². The van der Waals surface area contributed by atoms with Crippen molar-refractivity contribution >= 4 is 27.8 Å². The van der Waals surface area contributed by atoms with Crippen molar-refractivity contribution in [3.8, 4) is 0 Å². The van der Waals surface area contributed by atoms with Crippen LogP contribution in [-0.4, -0.2) is 25.0 Å². The number of nitrogens with one attached hydrogen (secondary N) is 1. The van der Waals surface area contributed by atoms with Gasteiger partial charge in [0.15, 0.2) is 0 Å². The molecule has 0 aromatic heterocycles. The van der Waals surface area contributed by atoms with E-state index >= 15 is 0 Å². The van der Waals surface area contributed by atoms with E-state index in [1.807, 2.05) is 31.2 Å². The van der Waals surface area contributed by atoms with E-state index in [9.17, 15) is 9.59 Å². The van der Waals surface area contributed by atoms with Crippen molar-refractivity contribution in [1.82, 2.24) is 5.32 Å². The Hall–Kier alpha value is -1.36. The van der Waals surface area contributed by atoms with Gasteiger partial charge in [0.25, 0.3) is 0 Å². The summed E-state index contributed by atoms with van der Waals surface area (Å²) in [5, 5.41) is 2.87. The van der Waals surface area contributed by atoms with Gasteiger partial charge in [-0.2, -0.15) is 0 Å². The van der Waals surface area contributed by atoms with Crippen LogP contribution < -0.4 is 5.32 Å². The minimum absolute atomic E-state index is 0.0175. The number of carbonyl (C=O) groups excluding carboxylic acids is 2. The Bertz CT molecular complexity index is 448. The molecule has 1 atom stereocenters. The highest BCUT2D eigenvalue weighted by atomic mass is 79.9. The van der Waals surface area contributed by atoms with Gasteiger partial charge in [0.2, 0.25) is 5.91 Å². The van der Waals surface area contributed by atoms with Gasteiger partial charge in [-0.3, -0.25) is 9.59 Å². The van der Waals surface area contributed by atoms with E-state index in [0.717, 1.165) is 16.5 Å². The molecule has 0 aliphatic rings. The summed E-state index contributed by atoms with van der Waals surface area (Å²) in [6, 6.07) is 7.92. The van der Waals surface area contributed by atoms with E-state index in [-0.39, 0.29) is 30.8 Å². The Morgan fingerprint density at radius 2 is 2.00 bits per heavy atom. The summed E-state index contributed by atoms with van der Waals surface area (Å²) in [4.78, 5) is 22.5. The first-order valence-electron chi connectivity index (χ1n) is 6.12. The highest BCUT2D eigenvalue weighted by molar-refractivity contribution is 9.10. The molecule has 104 valence electrons. The molecule has 0 bridgehead atoms. The number of hydrogen-bond acceptors (Lipinski definition) is 3. The summed E-state index contributed by atoms with van der Waals surface area (Å²) in [7, 11) is 1.32. The number of methoxy groups -OCH3 is 1. The molecule has 0 fully saturated rings. The summed E-state index contributed by atoms with van der Waals surface area (Å²) in [6.45, 7) is 1.94. The van der Waals surface area contributed by atoms with E-state index in [2.05, 4.69) is 26.0 Å². The zero-order valence-corrected chi connectivity index (χ0v) is 12.7. The second-order valence-electron chi connectivity index (χ2n) is 4.34. The number of amides is 1. The molecule has 0 spiro atoms. The van der Waals surface area contributed by atoms with Crippen molar-refractivity contribution in [3.05, 3.63) is 34.3 Å². The Morgan fingerprint density at radius 3 is 2.63 bits per heavy atom. The molecule has 19 heavy (non-hydrogen) atoms. The van der Waals surface area contributed by atoms with Gasteiger partial charge in [-0.25, -0.2) is 0 Å². The smallest absolute Gasteiger partial charge is 0.306 e. The first-order valence-corrected chi connectivity index (χ1v) is 6.91. The maximum Gasteiger partial charge on any atom is 0.306 e.